The van der Waals surface area contributed by atoms with Crippen LogP contribution < -0.4 is 10.4 Å². The summed E-state index contributed by atoms with van der Waals surface area (Å²) in [5, 5.41) is 2.08. The molecule has 16 heavy (non-hydrogen) atoms. The van der Waals surface area contributed by atoms with Crippen molar-refractivity contribution in [3.63, 3.8) is 0 Å². The summed E-state index contributed by atoms with van der Waals surface area (Å²) < 4.78 is 0. The highest BCUT2D eigenvalue weighted by Crippen LogP contribution is 2.27. The Bertz CT molecular complexity index is 619. The first-order valence-electron chi connectivity index (χ1n) is 5.20. The molecule has 1 aliphatic rings. The smallest absolute Gasteiger partial charge is 0.0973 e. The average molecular weight is 210 g/mol. The maximum atomic E-state index is 4.37. The summed E-state index contributed by atoms with van der Waals surface area (Å²) >= 11 is 0. The van der Waals surface area contributed by atoms with Gasteiger partial charge in [-0.1, -0.05) is 18.7 Å². The molecule has 0 fully saturated rings. The van der Waals surface area contributed by atoms with E-state index in [2.05, 4.69) is 30.2 Å². The Kier molecular flexibility index (Phi) is 2.57. The standard InChI is InChI=1S/C14H14N2/c1-5-6-11-10(3)12-9(2)7-8-16-14(12)13(11)15-4/h5-8H,2,4H2,1,3H3/b6-5-. The fraction of sp³-hybridized carbons (Fsp3) is 0.143. The van der Waals surface area contributed by atoms with E-state index in [-0.39, 0.29) is 0 Å². The van der Waals surface area contributed by atoms with E-state index >= 15 is 0 Å². The molecule has 0 saturated heterocycles. The van der Waals surface area contributed by atoms with E-state index in [1.165, 1.54) is 5.57 Å². The molecule has 0 bridgehead atoms. The Labute approximate surface area is 95.1 Å². The van der Waals surface area contributed by atoms with Crippen molar-refractivity contribution < 1.29 is 0 Å². The molecule has 0 N–H and O–H groups in total. The molecule has 0 atom stereocenters. The van der Waals surface area contributed by atoms with E-state index in [0.29, 0.717) is 0 Å². The minimum atomic E-state index is 0.858. The monoisotopic (exact) mass is 210 g/mol. The molecule has 80 valence electrons. The third-order valence-corrected chi connectivity index (χ3v) is 2.79. The van der Waals surface area contributed by atoms with Crippen LogP contribution in [0, 0.1) is 0 Å². The highest BCUT2D eigenvalue weighted by molar-refractivity contribution is 5.90. The maximum Gasteiger partial charge on any atom is 0.0973 e. The predicted molar refractivity (Wildman–Crippen MR) is 69.4 cm³/mol. The number of fused-ring (bicyclic) bond motifs is 1. The molecule has 0 spiro atoms. The number of nitrogens with zero attached hydrogens (tertiary/aromatic N) is 2. The zero-order chi connectivity index (χ0) is 11.7. The molecule has 1 aliphatic carbocycles. The fourth-order valence-corrected chi connectivity index (χ4v) is 2.07. The summed E-state index contributed by atoms with van der Waals surface area (Å²) in [4.78, 5) is 8.46. The first kappa shape index (κ1) is 10.6. The van der Waals surface area contributed by atoms with Gasteiger partial charge in [0.1, 0.15) is 0 Å². The van der Waals surface area contributed by atoms with Gasteiger partial charge in [-0.2, -0.15) is 0 Å². The maximum absolute atomic E-state index is 4.37. The van der Waals surface area contributed by atoms with Gasteiger partial charge in [-0.15, -0.1) is 0 Å². The van der Waals surface area contributed by atoms with Crippen molar-refractivity contribution in [1.29, 1.82) is 0 Å². The minimum Gasteiger partial charge on any atom is -0.262 e. The lowest BCUT2D eigenvalue weighted by Gasteiger charge is -1.98. The van der Waals surface area contributed by atoms with Crippen molar-refractivity contribution in [3.05, 3.63) is 46.1 Å². The number of aromatic nitrogens is 1. The number of pyridine rings is 1. The second-order valence-corrected chi connectivity index (χ2v) is 3.74. The minimum absolute atomic E-state index is 0.858. The van der Waals surface area contributed by atoms with Gasteiger partial charge in [0.15, 0.2) is 0 Å². The third-order valence-electron chi connectivity index (χ3n) is 2.79. The average Bonchev–Trinajstić information content (AvgIpc) is 2.54. The molecule has 0 unspecified atom stereocenters. The van der Waals surface area contributed by atoms with Crippen LogP contribution in [0.15, 0.2) is 35.0 Å². The van der Waals surface area contributed by atoms with Gasteiger partial charge in [0.25, 0.3) is 0 Å². The number of allylic oxidation sites excluding steroid dienone is 3. The van der Waals surface area contributed by atoms with E-state index in [9.17, 15) is 0 Å². The topological polar surface area (TPSA) is 25.2 Å². The second-order valence-electron chi connectivity index (χ2n) is 3.74. The first-order chi connectivity index (χ1) is 7.70. The van der Waals surface area contributed by atoms with Gasteiger partial charge in [-0.3, -0.25) is 9.98 Å². The molecule has 0 radical (unpaired) electrons. The zero-order valence-electron chi connectivity index (χ0n) is 9.62. The molecule has 0 aromatic carbocycles. The normalized spacial score (nSPS) is 14.8. The lowest BCUT2D eigenvalue weighted by molar-refractivity contribution is 1.22. The van der Waals surface area contributed by atoms with Gasteiger partial charge >= 0.3 is 0 Å². The SMILES string of the molecule is C=NC1=C(/C=C\C)C(C)=c2c1nccc2=C. The van der Waals surface area contributed by atoms with Crippen LogP contribution in [0.4, 0.5) is 0 Å². The van der Waals surface area contributed by atoms with Gasteiger partial charge < -0.3 is 0 Å². The molecule has 1 heterocycles. The Morgan fingerprint density at radius 1 is 1.44 bits per heavy atom. The van der Waals surface area contributed by atoms with E-state index in [0.717, 1.165) is 27.4 Å². The van der Waals surface area contributed by atoms with E-state index in [1.807, 2.05) is 25.1 Å². The molecule has 0 aliphatic heterocycles. The zero-order valence-corrected chi connectivity index (χ0v) is 9.62. The summed E-state index contributed by atoms with van der Waals surface area (Å²) in [5.74, 6) is 0. The number of hydrogen-bond donors (Lipinski definition) is 0. The molecule has 2 rings (SSSR count). The number of aliphatic imine (C=N–C) groups is 1. The fourth-order valence-electron chi connectivity index (χ4n) is 2.07. The van der Waals surface area contributed by atoms with Gasteiger partial charge in [0.2, 0.25) is 0 Å². The lowest BCUT2D eigenvalue weighted by atomic mass is 10.1. The summed E-state index contributed by atoms with van der Waals surface area (Å²) in [6.07, 6.45) is 5.80. The van der Waals surface area contributed by atoms with Crippen molar-refractivity contribution in [3.8, 4) is 0 Å². The van der Waals surface area contributed by atoms with Crippen LogP contribution in [0.25, 0.3) is 17.8 Å². The Morgan fingerprint density at radius 2 is 2.19 bits per heavy atom. The van der Waals surface area contributed by atoms with Crippen molar-refractivity contribution in [2.45, 2.75) is 13.8 Å². The van der Waals surface area contributed by atoms with Crippen molar-refractivity contribution in [2.75, 3.05) is 0 Å². The first-order valence-corrected chi connectivity index (χ1v) is 5.20. The van der Waals surface area contributed by atoms with Crippen LogP contribution in [0.5, 0.6) is 0 Å². The molecule has 1 aromatic heterocycles. The number of hydrogen-bond acceptors (Lipinski definition) is 2. The van der Waals surface area contributed by atoms with Crippen molar-refractivity contribution in [2.24, 2.45) is 4.99 Å². The van der Waals surface area contributed by atoms with E-state index < -0.39 is 0 Å². The quantitative estimate of drug-likeness (QED) is 0.682. The molecular weight excluding hydrogens is 196 g/mol. The van der Waals surface area contributed by atoms with Crippen molar-refractivity contribution >= 4 is 24.6 Å². The Balaban J connectivity index is 2.89. The van der Waals surface area contributed by atoms with Gasteiger partial charge in [-0.05, 0) is 37.4 Å². The van der Waals surface area contributed by atoms with Gasteiger partial charge in [0, 0.05) is 17.0 Å². The largest absolute Gasteiger partial charge is 0.262 e. The molecule has 2 heteroatoms. The van der Waals surface area contributed by atoms with E-state index in [4.69, 9.17) is 0 Å². The Hall–Kier alpha value is -1.96. The second kappa shape index (κ2) is 3.89. The van der Waals surface area contributed by atoms with Crippen LogP contribution >= 0.6 is 0 Å². The van der Waals surface area contributed by atoms with Crippen molar-refractivity contribution in [1.82, 2.24) is 4.98 Å². The van der Waals surface area contributed by atoms with Crippen LogP contribution in [-0.2, 0) is 0 Å². The molecule has 2 nitrogen and oxygen atoms in total. The third kappa shape index (κ3) is 1.34. The van der Waals surface area contributed by atoms with Crippen LogP contribution in [-0.4, -0.2) is 11.7 Å². The van der Waals surface area contributed by atoms with Crippen LogP contribution in [0.2, 0.25) is 0 Å². The molecule has 0 amide bonds. The number of rotatable bonds is 2. The Morgan fingerprint density at radius 3 is 2.81 bits per heavy atom. The summed E-state index contributed by atoms with van der Waals surface area (Å²) in [7, 11) is 0. The summed E-state index contributed by atoms with van der Waals surface area (Å²) in [5.41, 5.74) is 4.02. The molecular formula is C14H14N2. The van der Waals surface area contributed by atoms with Gasteiger partial charge in [0.05, 0.1) is 11.4 Å². The molecule has 0 saturated carbocycles. The summed E-state index contributed by atoms with van der Waals surface area (Å²) in [6.45, 7) is 11.7. The predicted octanol–water partition coefficient (Wildman–Crippen LogP) is 1.66. The highest BCUT2D eigenvalue weighted by atomic mass is 14.8. The van der Waals surface area contributed by atoms with Crippen LogP contribution in [0.3, 0.4) is 0 Å². The summed E-state index contributed by atoms with van der Waals surface area (Å²) in [6, 6.07) is 1.92. The lowest BCUT2D eigenvalue weighted by Crippen LogP contribution is -2.27. The van der Waals surface area contributed by atoms with E-state index in [1.54, 1.807) is 6.20 Å². The molecule has 1 aromatic rings. The van der Waals surface area contributed by atoms with Gasteiger partial charge in [-0.25, -0.2) is 0 Å². The highest BCUT2D eigenvalue weighted by Gasteiger charge is 2.18. The van der Waals surface area contributed by atoms with Crippen LogP contribution in [0.1, 0.15) is 19.5 Å².